The zero-order valence-electron chi connectivity index (χ0n) is 15.0. The molecular formula is C21H16N4O3. The number of nitrogens with one attached hydrogen (secondary N) is 1. The van der Waals surface area contributed by atoms with Gasteiger partial charge in [0.15, 0.2) is 17.1 Å². The van der Waals surface area contributed by atoms with E-state index in [0.717, 1.165) is 39.6 Å². The number of rotatable bonds is 3. The van der Waals surface area contributed by atoms with E-state index in [-0.39, 0.29) is 12.7 Å². The van der Waals surface area contributed by atoms with Crippen LogP contribution in [0.15, 0.2) is 60.8 Å². The Morgan fingerprint density at radius 2 is 1.93 bits per heavy atom. The summed E-state index contributed by atoms with van der Waals surface area (Å²) >= 11 is 0. The minimum absolute atomic E-state index is 0.111. The Morgan fingerprint density at radius 1 is 1.04 bits per heavy atom. The molecule has 1 amide bonds. The molecule has 0 radical (unpaired) electrons. The van der Waals surface area contributed by atoms with Crippen molar-refractivity contribution in [3.8, 4) is 34.0 Å². The lowest BCUT2D eigenvalue weighted by Gasteiger charge is -2.07. The second-order valence-corrected chi connectivity index (χ2v) is 6.46. The van der Waals surface area contributed by atoms with E-state index in [0.29, 0.717) is 5.75 Å². The van der Waals surface area contributed by atoms with Crippen molar-refractivity contribution < 1.29 is 14.3 Å². The first kappa shape index (κ1) is 16.3. The predicted octanol–water partition coefficient (Wildman–Crippen LogP) is 3.75. The second kappa shape index (κ2) is 6.38. The van der Waals surface area contributed by atoms with Crippen LogP contribution in [0.25, 0.3) is 28.2 Å². The van der Waals surface area contributed by atoms with Crippen molar-refractivity contribution in [3.63, 3.8) is 0 Å². The molecule has 0 saturated heterocycles. The lowest BCUT2D eigenvalue weighted by Crippen LogP contribution is -2.05. The first-order valence-electron chi connectivity index (χ1n) is 8.80. The number of carbonyl (C=O) groups is 1. The SMILES string of the molecule is CC(=O)Nc1cccc(-c2ccc3ncc(-c4ccc5c(c4)OCO5)n3n2)c1. The highest BCUT2D eigenvalue weighted by Gasteiger charge is 2.16. The van der Waals surface area contributed by atoms with Gasteiger partial charge in [0.2, 0.25) is 12.7 Å². The molecule has 1 aliphatic rings. The zero-order valence-corrected chi connectivity index (χ0v) is 15.0. The average molecular weight is 372 g/mol. The van der Waals surface area contributed by atoms with Crippen LogP contribution in [0, 0.1) is 0 Å². The number of hydrogen-bond acceptors (Lipinski definition) is 5. The molecular weight excluding hydrogens is 356 g/mol. The fraction of sp³-hybridized carbons (Fsp3) is 0.0952. The Kier molecular flexibility index (Phi) is 3.72. The molecule has 3 heterocycles. The van der Waals surface area contributed by atoms with E-state index < -0.39 is 0 Å². The van der Waals surface area contributed by atoms with Gasteiger partial charge in [0, 0.05) is 23.7 Å². The average Bonchev–Trinajstić information content (AvgIpc) is 3.33. The Balaban J connectivity index is 1.58. The van der Waals surface area contributed by atoms with E-state index in [1.165, 1.54) is 6.92 Å². The van der Waals surface area contributed by atoms with Crippen LogP contribution in [0.2, 0.25) is 0 Å². The molecule has 1 aliphatic heterocycles. The molecule has 0 fully saturated rings. The monoisotopic (exact) mass is 372 g/mol. The first-order valence-corrected chi connectivity index (χ1v) is 8.80. The van der Waals surface area contributed by atoms with Crippen LogP contribution in [0.5, 0.6) is 11.5 Å². The molecule has 7 nitrogen and oxygen atoms in total. The van der Waals surface area contributed by atoms with E-state index in [2.05, 4.69) is 10.3 Å². The van der Waals surface area contributed by atoms with Gasteiger partial charge in [-0.1, -0.05) is 12.1 Å². The van der Waals surface area contributed by atoms with Crippen molar-refractivity contribution in [1.29, 1.82) is 0 Å². The van der Waals surface area contributed by atoms with Crippen molar-refractivity contribution >= 4 is 17.2 Å². The van der Waals surface area contributed by atoms with Crippen molar-refractivity contribution in [2.45, 2.75) is 6.92 Å². The van der Waals surface area contributed by atoms with Gasteiger partial charge in [-0.05, 0) is 42.5 Å². The predicted molar refractivity (Wildman–Crippen MR) is 104 cm³/mol. The number of amides is 1. The lowest BCUT2D eigenvalue weighted by molar-refractivity contribution is -0.114. The quantitative estimate of drug-likeness (QED) is 0.593. The highest BCUT2D eigenvalue weighted by atomic mass is 16.7. The van der Waals surface area contributed by atoms with Gasteiger partial charge in [-0.3, -0.25) is 4.79 Å². The minimum Gasteiger partial charge on any atom is -0.454 e. The molecule has 0 aliphatic carbocycles. The third-order valence-electron chi connectivity index (χ3n) is 4.51. The van der Waals surface area contributed by atoms with Gasteiger partial charge >= 0.3 is 0 Å². The smallest absolute Gasteiger partial charge is 0.231 e. The third-order valence-corrected chi connectivity index (χ3v) is 4.51. The molecule has 4 aromatic rings. The fourth-order valence-electron chi connectivity index (χ4n) is 3.24. The second-order valence-electron chi connectivity index (χ2n) is 6.46. The van der Waals surface area contributed by atoms with Crippen LogP contribution in [0.3, 0.4) is 0 Å². The van der Waals surface area contributed by atoms with E-state index >= 15 is 0 Å². The molecule has 0 atom stereocenters. The van der Waals surface area contributed by atoms with Crippen LogP contribution in [0.4, 0.5) is 5.69 Å². The summed E-state index contributed by atoms with van der Waals surface area (Å²) in [4.78, 5) is 15.8. The summed E-state index contributed by atoms with van der Waals surface area (Å²) in [6, 6.07) is 17.2. The molecule has 1 N–H and O–H groups in total. The molecule has 7 heteroatoms. The van der Waals surface area contributed by atoms with Crippen LogP contribution in [-0.4, -0.2) is 27.3 Å². The summed E-state index contributed by atoms with van der Waals surface area (Å²) in [5.41, 5.74) is 4.95. The number of hydrogen-bond donors (Lipinski definition) is 1. The summed E-state index contributed by atoms with van der Waals surface area (Å²) in [5, 5.41) is 7.56. The third kappa shape index (κ3) is 2.83. The van der Waals surface area contributed by atoms with Crippen LogP contribution < -0.4 is 14.8 Å². The topological polar surface area (TPSA) is 77.8 Å². The van der Waals surface area contributed by atoms with Crippen molar-refractivity contribution in [2.24, 2.45) is 0 Å². The summed E-state index contributed by atoms with van der Waals surface area (Å²) in [6.07, 6.45) is 1.79. The largest absolute Gasteiger partial charge is 0.454 e. The Hall–Kier alpha value is -3.87. The fourth-order valence-corrected chi connectivity index (χ4v) is 3.24. The van der Waals surface area contributed by atoms with Crippen LogP contribution in [-0.2, 0) is 4.79 Å². The van der Waals surface area contributed by atoms with Gasteiger partial charge in [-0.25, -0.2) is 9.50 Å². The molecule has 0 unspecified atom stereocenters. The van der Waals surface area contributed by atoms with Crippen LogP contribution >= 0.6 is 0 Å². The number of benzene rings is 2. The van der Waals surface area contributed by atoms with Crippen molar-refractivity contribution in [2.75, 3.05) is 12.1 Å². The Labute approximate surface area is 160 Å². The number of fused-ring (bicyclic) bond motifs is 2. The van der Waals surface area contributed by atoms with Gasteiger partial charge in [0.1, 0.15) is 0 Å². The summed E-state index contributed by atoms with van der Waals surface area (Å²) in [6.45, 7) is 1.72. The summed E-state index contributed by atoms with van der Waals surface area (Å²) in [5.74, 6) is 1.34. The molecule has 0 spiro atoms. The zero-order chi connectivity index (χ0) is 19.1. The Bertz CT molecular complexity index is 1220. The van der Waals surface area contributed by atoms with E-state index in [4.69, 9.17) is 14.6 Å². The van der Waals surface area contributed by atoms with Crippen LogP contribution in [0.1, 0.15) is 6.92 Å². The summed E-state index contributed by atoms with van der Waals surface area (Å²) in [7, 11) is 0. The maximum atomic E-state index is 11.3. The Morgan fingerprint density at radius 3 is 2.82 bits per heavy atom. The highest BCUT2D eigenvalue weighted by Crippen LogP contribution is 2.36. The van der Waals surface area contributed by atoms with E-state index in [1.807, 2.05) is 54.6 Å². The van der Waals surface area contributed by atoms with Gasteiger partial charge in [0.05, 0.1) is 17.6 Å². The molecule has 2 aromatic carbocycles. The van der Waals surface area contributed by atoms with Gasteiger partial charge in [-0.2, -0.15) is 5.10 Å². The standard InChI is InChI=1S/C21H16N4O3/c1-13(26)23-16-4-2-3-14(9-16)17-6-8-21-22-11-18(25(21)24-17)15-5-7-19-20(10-15)28-12-27-19/h2-11H,12H2,1H3,(H,23,26). The first-order chi connectivity index (χ1) is 13.7. The van der Waals surface area contributed by atoms with Gasteiger partial charge in [0.25, 0.3) is 0 Å². The van der Waals surface area contributed by atoms with Gasteiger partial charge in [-0.15, -0.1) is 0 Å². The number of ether oxygens (including phenoxy) is 2. The molecule has 28 heavy (non-hydrogen) atoms. The van der Waals surface area contributed by atoms with Crippen molar-refractivity contribution in [1.82, 2.24) is 14.6 Å². The lowest BCUT2D eigenvalue weighted by atomic mass is 10.1. The molecule has 138 valence electrons. The molecule has 0 saturated carbocycles. The van der Waals surface area contributed by atoms with E-state index in [1.54, 1.807) is 10.7 Å². The maximum Gasteiger partial charge on any atom is 0.231 e. The number of carbonyl (C=O) groups excluding carboxylic acids is 1. The minimum atomic E-state index is -0.111. The maximum absolute atomic E-state index is 11.3. The number of anilines is 1. The number of aromatic nitrogens is 3. The van der Waals surface area contributed by atoms with Crippen molar-refractivity contribution in [3.05, 3.63) is 60.8 Å². The normalized spacial score (nSPS) is 12.3. The van der Waals surface area contributed by atoms with Gasteiger partial charge < -0.3 is 14.8 Å². The molecule has 2 aromatic heterocycles. The summed E-state index contributed by atoms with van der Waals surface area (Å²) < 4.78 is 12.7. The highest BCUT2D eigenvalue weighted by molar-refractivity contribution is 5.89. The molecule has 0 bridgehead atoms. The number of nitrogens with zero attached hydrogens (tertiary/aromatic N) is 3. The molecule has 5 rings (SSSR count). The van der Waals surface area contributed by atoms with E-state index in [9.17, 15) is 4.79 Å². The number of imidazole rings is 1.